The number of imidazole rings is 1. The Labute approximate surface area is 151 Å². The zero-order chi connectivity index (χ0) is 18.1. The molecule has 0 saturated carbocycles. The van der Waals surface area contributed by atoms with Crippen molar-refractivity contribution >= 4 is 22.7 Å². The van der Waals surface area contributed by atoms with E-state index in [0.717, 1.165) is 28.1 Å². The minimum atomic E-state index is -1.00. The average Bonchev–Trinajstić information content (AvgIpc) is 3.22. The lowest BCUT2D eigenvalue weighted by molar-refractivity contribution is -0.141. The van der Waals surface area contributed by atoms with Gasteiger partial charge in [0.2, 0.25) is 5.60 Å². The molecule has 1 aliphatic heterocycles. The SMILES string of the molecule is Cn1c(CNC(=O)C2(C)CC(c3ccccc3)=NO2)nc2ccccc21. The van der Waals surface area contributed by atoms with E-state index in [1.807, 2.05) is 66.2 Å². The number of fused-ring (bicyclic) bond motifs is 1. The number of benzene rings is 2. The van der Waals surface area contributed by atoms with E-state index in [0.29, 0.717) is 13.0 Å². The Morgan fingerprint density at radius 2 is 1.92 bits per heavy atom. The van der Waals surface area contributed by atoms with E-state index in [2.05, 4.69) is 15.5 Å². The number of para-hydroxylation sites is 2. The number of aryl methyl sites for hydroxylation is 1. The molecule has 1 aliphatic rings. The van der Waals surface area contributed by atoms with Crippen molar-refractivity contribution in [2.45, 2.75) is 25.5 Å². The highest BCUT2D eigenvalue weighted by Crippen LogP contribution is 2.27. The second kappa shape index (κ2) is 6.29. The number of hydrogen-bond acceptors (Lipinski definition) is 4. The summed E-state index contributed by atoms with van der Waals surface area (Å²) in [5.41, 5.74) is 2.70. The number of rotatable bonds is 4. The summed E-state index contributed by atoms with van der Waals surface area (Å²) >= 11 is 0. The first-order valence-electron chi connectivity index (χ1n) is 8.56. The molecular formula is C20H20N4O2. The van der Waals surface area contributed by atoms with Gasteiger partial charge in [0.25, 0.3) is 5.91 Å². The van der Waals surface area contributed by atoms with E-state index in [-0.39, 0.29) is 5.91 Å². The first-order chi connectivity index (χ1) is 12.6. The van der Waals surface area contributed by atoms with Crippen LogP contribution in [0.25, 0.3) is 11.0 Å². The van der Waals surface area contributed by atoms with Crippen LogP contribution in [-0.4, -0.2) is 26.8 Å². The van der Waals surface area contributed by atoms with Crippen LogP contribution in [-0.2, 0) is 23.2 Å². The van der Waals surface area contributed by atoms with Crippen LogP contribution in [0.15, 0.2) is 59.8 Å². The molecule has 1 atom stereocenters. The number of aromatic nitrogens is 2. The maximum atomic E-state index is 12.7. The summed E-state index contributed by atoms with van der Waals surface area (Å²) in [5.74, 6) is 0.601. The smallest absolute Gasteiger partial charge is 0.267 e. The van der Waals surface area contributed by atoms with Gasteiger partial charge in [0.1, 0.15) is 5.82 Å². The summed E-state index contributed by atoms with van der Waals surface area (Å²) in [6.45, 7) is 2.10. The maximum absolute atomic E-state index is 12.7. The van der Waals surface area contributed by atoms with Gasteiger partial charge in [-0.05, 0) is 24.6 Å². The van der Waals surface area contributed by atoms with Gasteiger partial charge < -0.3 is 14.7 Å². The Balaban J connectivity index is 1.44. The summed E-state index contributed by atoms with van der Waals surface area (Å²) in [6.07, 6.45) is 0.436. The van der Waals surface area contributed by atoms with Gasteiger partial charge in [-0.3, -0.25) is 4.79 Å². The molecule has 0 aliphatic carbocycles. The molecule has 0 saturated heterocycles. The van der Waals surface area contributed by atoms with E-state index in [1.54, 1.807) is 6.92 Å². The molecule has 0 bridgehead atoms. The molecule has 0 fully saturated rings. The lowest BCUT2D eigenvalue weighted by Crippen LogP contribution is -2.44. The molecular weight excluding hydrogens is 328 g/mol. The van der Waals surface area contributed by atoms with Crippen molar-refractivity contribution in [1.82, 2.24) is 14.9 Å². The normalized spacial score (nSPS) is 19.2. The summed E-state index contributed by atoms with van der Waals surface area (Å²) in [5, 5.41) is 7.06. The van der Waals surface area contributed by atoms with Gasteiger partial charge in [0, 0.05) is 13.5 Å². The minimum Gasteiger partial charge on any atom is -0.379 e. The van der Waals surface area contributed by atoms with E-state index >= 15 is 0 Å². The van der Waals surface area contributed by atoms with Crippen LogP contribution >= 0.6 is 0 Å². The van der Waals surface area contributed by atoms with Crippen LogP contribution in [0.2, 0.25) is 0 Å². The van der Waals surface area contributed by atoms with Gasteiger partial charge in [0.15, 0.2) is 0 Å². The Hall–Kier alpha value is -3.15. The lowest BCUT2D eigenvalue weighted by atomic mass is 9.95. The first kappa shape index (κ1) is 16.3. The molecule has 4 rings (SSSR count). The largest absolute Gasteiger partial charge is 0.379 e. The third kappa shape index (κ3) is 2.83. The minimum absolute atomic E-state index is 0.195. The van der Waals surface area contributed by atoms with Gasteiger partial charge >= 0.3 is 0 Å². The number of carbonyl (C=O) groups is 1. The van der Waals surface area contributed by atoms with E-state index in [4.69, 9.17) is 4.84 Å². The van der Waals surface area contributed by atoms with Gasteiger partial charge in [-0.1, -0.05) is 47.6 Å². The molecule has 132 valence electrons. The third-order valence-electron chi connectivity index (χ3n) is 4.74. The van der Waals surface area contributed by atoms with E-state index in [1.165, 1.54) is 0 Å². The fourth-order valence-electron chi connectivity index (χ4n) is 3.15. The predicted octanol–water partition coefficient (Wildman–Crippen LogP) is 2.77. The molecule has 1 unspecified atom stereocenters. The average molecular weight is 348 g/mol. The summed E-state index contributed by atoms with van der Waals surface area (Å²) in [4.78, 5) is 22.8. The van der Waals surface area contributed by atoms with Gasteiger partial charge in [-0.15, -0.1) is 0 Å². The predicted molar refractivity (Wildman–Crippen MR) is 99.6 cm³/mol. The van der Waals surface area contributed by atoms with Gasteiger partial charge in [-0.25, -0.2) is 4.98 Å². The molecule has 1 N–H and O–H groups in total. The molecule has 1 amide bonds. The van der Waals surface area contributed by atoms with Crippen LogP contribution in [0.4, 0.5) is 0 Å². The summed E-state index contributed by atoms with van der Waals surface area (Å²) in [6, 6.07) is 17.7. The van der Waals surface area contributed by atoms with Gasteiger partial charge in [-0.2, -0.15) is 0 Å². The molecule has 2 aromatic carbocycles. The number of oxime groups is 1. The highest BCUT2D eigenvalue weighted by Gasteiger charge is 2.42. The van der Waals surface area contributed by atoms with Crippen molar-refractivity contribution in [3.05, 3.63) is 66.0 Å². The number of hydrogen-bond donors (Lipinski definition) is 1. The molecule has 2 heterocycles. The van der Waals surface area contributed by atoms with Crippen molar-refractivity contribution in [3.63, 3.8) is 0 Å². The number of nitrogens with one attached hydrogen (secondary N) is 1. The van der Waals surface area contributed by atoms with Crippen molar-refractivity contribution in [2.75, 3.05) is 0 Å². The third-order valence-corrected chi connectivity index (χ3v) is 4.74. The highest BCUT2D eigenvalue weighted by molar-refractivity contribution is 6.05. The molecule has 1 aromatic heterocycles. The summed E-state index contributed by atoms with van der Waals surface area (Å²) in [7, 11) is 1.95. The van der Waals surface area contributed by atoms with Crippen molar-refractivity contribution in [1.29, 1.82) is 0 Å². The van der Waals surface area contributed by atoms with Crippen LogP contribution in [0.3, 0.4) is 0 Å². The van der Waals surface area contributed by atoms with Gasteiger partial charge in [0.05, 0.1) is 23.3 Å². The Morgan fingerprint density at radius 3 is 2.69 bits per heavy atom. The molecule has 0 spiro atoms. The number of amides is 1. The van der Waals surface area contributed by atoms with Crippen molar-refractivity contribution in [3.8, 4) is 0 Å². The second-order valence-electron chi connectivity index (χ2n) is 6.66. The summed E-state index contributed by atoms with van der Waals surface area (Å²) < 4.78 is 1.99. The molecule has 26 heavy (non-hydrogen) atoms. The Kier molecular flexibility index (Phi) is 3.95. The first-order valence-corrected chi connectivity index (χ1v) is 8.56. The zero-order valence-electron chi connectivity index (χ0n) is 14.8. The number of carbonyl (C=O) groups excluding carboxylic acids is 1. The Morgan fingerprint density at radius 1 is 1.19 bits per heavy atom. The van der Waals surface area contributed by atoms with Crippen LogP contribution < -0.4 is 5.32 Å². The molecule has 3 aromatic rings. The maximum Gasteiger partial charge on any atom is 0.267 e. The standard InChI is InChI=1S/C20H20N4O2/c1-20(12-16(23-26-20)14-8-4-3-5-9-14)19(25)21-13-18-22-15-10-6-7-11-17(15)24(18)2/h3-11H,12-13H2,1-2H3,(H,21,25). The quantitative estimate of drug-likeness (QED) is 0.788. The Bertz CT molecular complexity index is 993. The fraction of sp³-hybridized carbons (Fsp3) is 0.250. The monoisotopic (exact) mass is 348 g/mol. The number of nitrogens with zero attached hydrogens (tertiary/aromatic N) is 3. The van der Waals surface area contributed by atoms with Crippen molar-refractivity contribution < 1.29 is 9.63 Å². The highest BCUT2D eigenvalue weighted by atomic mass is 16.7. The van der Waals surface area contributed by atoms with Crippen LogP contribution in [0.5, 0.6) is 0 Å². The molecule has 0 radical (unpaired) electrons. The molecule has 6 nitrogen and oxygen atoms in total. The van der Waals surface area contributed by atoms with Crippen molar-refractivity contribution in [2.24, 2.45) is 12.2 Å². The van der Waals surface area contributed by atoms with E-state index in [9.17, 15) is 4.79 Å². The topological polar surface area (TPSA) is 68.5 Å². The lowest BCUT2D eigenvalue weighted by Gasteiger charge is -2.20. The van der Waals surface area contributed by atoms with Crippen LogP contribution in [0.1, 0.15) is 24.7 Å². The van der Waals surface area contributed by atoms with Crippen LogP contribution in [0, 0.1) is 0 Å². The molecule has 6 heteroatoms. The second-order valence-corrected chi connectivity index (χ2v) is 6.66. The zero-order valence-corrected chi connectivity index (χ0v) is 14.8. The fourth-order valence-corrected chi connectivity index (χ4v) is 3.15. The van der Waals surface area contributed by atoms with E-state index < -0.39 is 5.60 Å².